The molecule has 27 heavy (non-hydrogen) atoms. The van der Waals surface area contributed by atoms with Gasteiger partial charge in [0.05, 0.1) is 0 Å². The summed E-state index contributed by atoms with van der Waals surface area (Å²) in [4.78, 5) is 18.0. The monoisotopic (exact) mass is 379 g/mol. The molecule has 0 aliphatic carbocycles. The highest BCUT2D eigenvalue weighted by Gasteiger charge is 2.16. The molecule has 4 nitrogen and oxygen atoms in total. The zero-order chi connectivity index (χ0) is 18.6. The fourth-order valence-electron chi connectivity index (χ4n) is 3.08. The highest BCUT2D eigenvalue weighted by Crippen LogP contribution is 2.26. The molecule has 1 aromatic carbocycles. The molecule has 0 aliphatic heterocycles. The molecule has 0 fully saturated rings. The second-order valence-electron chi connectivity index (χ2n) is 6.25. The minimum absolute atomic E-state index is 0.134. The maximum Gasteiger partial charge on any atom is 0.267 e. The van der Waals surface area contributed by atoms with Gasteiger partial charge in [-0.2, -0.15) is 0 Å². The van der Waals surface area contributed by atoms with Gasteiger partial charge >= 0.3 is 0 Å². The third-order valence-electron chi connectivity index (χ3n) is 4.36. The van der Waals surface area contributed by atoms with Crippen molar-refractivity contribution in [2.24, 2.45) is 0 Å². The van der Waals surface area contributed by atoms with Crippen LogP contribution in [0.15, 0.2) is 66.2 Å². The van der Waals surface area contributed by atoms with E-state index in [4.69, 9.17) is 0 Å². The molecule has 0 saturated heterocycles. The largest absolute Gasteiger partial charge is 0.350 e. The van der Waals surface area contributed by atoms with E-state index in [2.05, 4.69) is 10.3 Å². The predicted octanol–water partition coefficient (Wildman–Crippen LogP) is 4.26. The molecule has 0 bridgehead atoms. The standard InChI is InChI=1S/C21H18FN3OS/c22-17-5-3-4-15(12-17)14-25-19(13-16-8-11-27-21(16)25)20(26)24-10-7-18-6-1-2-9-23-18/h1-6,8-9,11-13H,7,10,14H2,(H,24,26). The summed E-state index contributed by atoms with van der Waals surface area (Å²) in [6.45, 7) is 0.958. The van der Waals surface area contributed by atoms with Crippen LogP contribution in [0.1, 0.15) is 21.7 Å². The third-order valence-corrected chi connectivity index (χ3v) is 5.31. The van der Waals surface area contributed by atoms with Crippen LogP contribution in [0.2, 0.25) is 0 Å². The summed E-state index contributed by atoms with van der Waals surface area (Å²) in [6, 6.07) is 16.1. The van der Waals surface area contributed by atoms with Gasteiger partial charge in [0, 0.05) is 36.8 Å². The van der Waals surface area contributed by atoms with Crippen LogP contribution in [0.3, 0.4) is 0 Å². The van der Waals surface area contributed by atoms with Gasteiger partial charge in [0.1, 0.15) is 16.3 Å². The molecule has 3 heterocycles. The average molecular weight is 379 g/mol. The Kier molecular flexibility index (Phi) is 4.98. The van der Waals surface area contributed by atoms with Gasteiger partial charge in [-0.1, -0.05) is 18.2 Å². The summed E-state index contributed by atoms with van der Waals surface area (Å²) >= 11 is 1.58. The van der Waals surface area contributed by atoms with E-state index in [0.717, 1.165) is 21.5 Å². The van der Waals surface area contributed by atoms with Crippen molar-refractivity contribution in [1.29, 1.82) is 0 Å². The van der Waals surface area contributed by atoms with E-state index in [0.29, 0.717) is 25.2 Å². The van der Waals surface area contributed by atoms with Gasteiger partial charge in [-0.25, -0.2) is 4.39 Å². The van der Waals surface area contributed by atoms with Crippen molar-refractivity contribution < 1.29 is 9.18 Å². The summed E-state index contributed by atoms with van der Waals surface area (Å²) in [5.74, 6) is -0.408. The maximum atomic E-state index is 13.5. The Labute approximate surface area is 160 Å². The number of thiophene rings is 1. The molecule has 0 aliphatic rings. The SMILES string of the molecule is O=C(NCCc1ccccn1)c1cc2ccsc2n1Cc1cccc(F)c1. The molecule has 3 aromatic heterocycles. The second kappa shape index (κ2) is 7.72. The quantitative estimate of drug-likeness (QED) is 0.544. The first-order valence-electron chi connectivity index (χ1n) is 8.70. The Balaban J connectivity index is 1.54. The number of benzene rings is 1. The fraction of sp³-hybridized carbons (Fsp3) is 0.143. The summed E-state index contributed by atoms with van der Waals surface area (Å²) in [5, 5.41) is 5.98. The van der Waals surface area contributed by atoms with E-state index >= 15 is 0 Å². The van der Waals surface area contributed by atoms with E-state index in [1.165, 1.54) is 12.1 Å². The molecule has 6 heteroatoms. The lowest BCUT2D eigenvalue weighted by atomic mass is 10.2. The molecule has 1 N–H and O–H groups in total. The van der Waals surface area contributed by atoms with E-state index in [1.54, 1.807) is 23.6 Å². The average Bonchev–Trinajstić information content (AvgIpc) is 3.25. The van der Waals surface area contributed by atoms with Gasteiger partial charge in [-0.15, -0.1) is 11.3 Å². The second-order valence-corrected chi connectivity index (χ2v) is 7.15. The number of pyridine rings is 1. The first kappa shape index (κ1) is 17.4. The molecule has 136 valence electrons. The molecule has 1 amide bonds. The van der Waals surface area contributed by atoms with Crippen LogP contribution in [0.4, 0.5) is 4.39 Å². The van der Waals surface area contributed by atoms with Gasteiger partial charge < -0.3 is 9.88 Å². The first-order chi connectivity index (χ1) is 13.2. The van der Waals surface area contributed by atoms with Crippen molar-refractivity contribution in [3.8, 4) is 0 Å². The van der Waals surface area contributed by atoms with Crippen molar-refractivity contribution in [2.45, 2.75) is 13.0 Å². The van der Waals surface area contributed by atoms with Crippen LogP contribution in [0.25, 0.3) is 10.2 Å². The van der Waals surface area contributed by atoms with Crippen LogP contribution in [-0.2, 0) is 13.0 Å². The van der Waals surface area contributed by atoms with E-state index < -0.39 is 0 Å². The smallest absolute Gasteiger partial charge is 0.267 e. The normalized spacial score (nSPS) is 11.0. The molecular formula is C21H18FN3OS. The minimum atomic E-state index is -0.275. The van der Waals surface area contributed by atoms with Gasteiger partial charge in [-0.05, 0) is 47.3 Å². The number of carbonyl (C=O) groups is 1. The highest BCUT2D eigenvalue weighted by atomic mass is 32.1. The number of amides is 1. The van der Waals surface area contributed by atoms with Gasteiger partial charge in [0.25, 0.3) is 5.91 Å². The van der Waals surface area contributed by atoms with Crippen molar-refractivity contribution in [3.63, 3.8) is 0 Å². The number of fused-ring (bicyclic) bond motifs is 1. The lowest BCUT2D eigenvalue weighted by molar-refractivity contribution is 0.0946. The Bertz CT molecular complexity index is 1070. The fourth-order valence-corrected chi connectivity index (χ4v) is 3.98. The summed E-state index contributed by atoms with van der Waals surface area (Å²) in [6.07, 6.45) is 2.42. The molecule has 0 unspecified atom stereocenters. The van der Waals surface area contributed by atoms with E-state index in [1.807, 2.05) is 46.3 Å². The summed E-state index contributed by atoms with van der Waals surface area (Å²) < 4.78 is 15.5. The Morgan fingerprint density at radius 3 is 2.89 bits per heavy atom. The molecule has 0 saturated carbocycles. The van der Waals surface area contributed by atoms with Crippen LogP contribution in [0, 0.1) is 5.82 Å². The van der Waals surface area contributed by atoms with Crippen LogP contribution in [0.5, 0.6) is 0 Å². The number of hydrogen-bond acceptors (Lipinski definition) is 3. The van der Waals surface area contributed by atoms with Crippen molar-refractivity contribution in [2.75, 3.05) is 6.54 Å². The Morgan fingerprint density at radius 1 is 1.15 bits per heavy atom. The highest BCUT2D eigenvalue weighted by molar-refractivity contribution is 7.16. The van der Waals surface area contributed by atoms with E-state index in [9.17, 15) is 9.18 Å². The van der Waals surface area contributed by atoms with Gasteiger partial charge in [-0.3, -0.25) is 9.78 Å². The summed E-state index contributed by atoms with van der Waals surface area (Å²) in [5.41, 5.74) is 2.35. The molecule has 4 aromatic rings. The van der Waals surface area contributed by atoms with Crippen LogP contribution >= 0.6 is 11.3 Å². The van der Waals surface area contributed by atoms with Gasteiger partial charge in [0.2, 0.25) is 0 Å². The van der Waals surface area contributed by atoms with Crippen molar-refractivity contribution >= 4 is 27.5 Å². The minimum Gasteiger partial charge on any atom is -0.350 e. The molecule has 0 atom stereocenters. The lowest BCUT2D eigenvalue weighted by Gasteiger charge is -2.11. The molecule has 0 radical (unpaired) electrons. The zero-order valence-electron chi connectivity index (χ0n) is 14.6. The lowest BCUT2D eigenvalue weighted by Crippen LogP contribution is -2.28. The Morgan fingerprint density at radius 2 is 2.07 bits per heavy atom. The topological polar surface area (TPSA) is 46.9 Å². The predicted molar refractivity (Wildman–Crippen MR) is 106 cm³/mol. The summed E-state index contributed by atoms with van der Waals surface area (Å²) in [7, 11) is 0. The number of hydrogen-bond donors (Lipinski definition) is 1. The molecule has 4 rings (SSSR count). The molecular weight excluding hydrogens is 361 g/mol. The maximum absolute atomic E-state index is 13.5. The Hall–Kier alpha value is -2.99. The number of carbonyl (C=O) groups excluding carboxylic acids is 1. The number of halogens is 1. The van der Waals surface area contributed by atoms with Crippen LogP contribution < -0.4 is 5.32 Å². The first-order valence-corrected chi connectivity index (χ1v) is 9.58. The zero-order valence-corrected chi connectivity index (χ0v) is 15.4. The third kappa shape index (κ3) is 3.90. The number of nitrogens with one attached hydrogen (secondary N) is 1. The number of aromatic nitrogens is 2. The van der Waals surface area contributed by atoms with Gasteiger partial charge in [0.15, 0.2) is 0 Å². The van der Waals surface area contributed by atoms with E-state index in [-0.39, 0.29) is 11.7 Å². The number of rotatable bonds is 6. The van der Waals surface area contributed by atoms with Crippen LogP contribution in [-0.4, -0.2) is 22.0 Å². The van der Waals surface area contributed by atoms with Crippen molar-refractivity contribution in [3.05, 3.63) is 88.9 Å². The van der Waals surface area contributed by atoms with Crippen molar-refractivity contribution in [1.82, 2.24) is 14.9 Å². The molecule has 0 spiro atoms. The number of nitrogens with zero attached hydrogens (tertiary/aromatic N) is 2.